The van der Waals surface area contributed by atoms with Gasteiger partial charge in [-0.1, -0.05) is 12.1 Å². The van der Waals surface area contributed by atoms with Gasteiger partial charge in [-0.15, -0.1) is 0 Å². The molecule has 160 valence electrons. The number of benzene rings is 2. The predicted molar refractivity (Wildman–Crippen MR) is 105 cm³/mol. The largest absolute Gasteiger partial charge is 0.416 e. The molecule has 1 saturated heterocycles. The van der Waals surface area contributed by atoms with Crippen LogP contribution in [0.4, 0.5) is 23.4 Å². The Balaban J connectivity index is 1.37. The van der Waals surface area contributed by atoms with Crippen molar-refractivity contribution in [2.45, 2.75) is 25.3 Å². The third-order valence-corrected chi connectivity index (χ3v) is 5.93. The van der Waals surface area contributed by atoms with Crippen molar-refractivity contribution in [3.63, 3.8) is 0 Å². The number of anilines is 1. The number of nitrogens with zero attached hydrogens (tertiary/aromatic N) is 2. The minimum atomic E-state index is -4.39. The molecule has 1 fully saturated rings. The van der Waals surface area contributed by atoms with Crippen LogP contribution in [-0.2, 0) is 24.1 Å². The maximum Gasteiger partial charge on any atom is 0.416 e. The summed E-state index contributed by atoms with van der Waals surface area (Å²) in [6, 6.07) is 7.59. The molecule has 0 radical (unpaired) electrons. The Morgan fingerprint density at radius 3 is 2.45 bits per heavy atom. The Morgan fingerprint density at radius 2 is 1.77 bits per heavy atom. The number of pyridine rings is 1. The van der Waals surface area contributed by atoms with E-state index in [1.54, 1.807) is 0 Å². The Morgan fingerprint density at radius 1 is 1.10 bits per heavy atom. The number of fused-ring (bicyclic) bond motifs is 3. The summed E-state index contributed by atoms with van der Waals surface area (Å²) in [6.07, 6.45) is -4.39. The lowest BCUT2D eigenvalue weighted by Gasteiger charge is -2.39. The van der Waals surface area contributed by atoms with Crippen molar-refractivity contribution < 1.29 is 27.1 Å². The SMILES string of the molecule is Nc1nc2cc(F)c(C(=O)N3CC(c4ccc(C(F)(F)F)cc4)C3)cc2c2c1COC2. The number of hydrogen-bond acceptors (Lipinski definition) is 4. The Hall–Kier alpha value is -3.20. The standard InChI is InChI=1S/C22H17F4N3O2/c23-18-6-19-14(16-9-31-10-17(16)20(27)28-19)5-15(18)21(30)29-7-12(8-29)11-1-3-13(4-2-11)22(24,25)26/h1-6,12H,7-10H2,(H2,27,28). The van der Waals surface area contributed by atoms with Gasteiger partial charge in [-0.3, -0.25) is 4.79 Å². The van der Waals surface area contributed by atoms with Crippen LogP contribution in [0.25, 0.3) is 10.9 Å². The summed E-state index contributed by atoms with van der Waals surface area (Å²) < 4.78 is 58.3. The fraction of sp³-hybridized carbons (Fsp3) is 0.273. The van der Waals surface area contributed by atoms with E-state index >= 15 is 0 Å². The summed E-state index contributed by atoms with van der Waals surface area (Å²) in [4.78, 5) is 18.6. The molecule has 2 aliphatic heterocycles. The molecule has 1 amide bonds. The third kappa shape index (κ3) is 3.29. The number of aromatic nitrogens is 1. The molecule has 0 spiro atoms. The Bertz CT molecular complexity index is 1200. The average Bonchev–Trinajstić information content (AvgIpc) is 3.17. The smallest absolute Gasteiger partial charge is 0.383 e. The topological polar surface area (TPSA) is 68.5 Å². The fourth-order valence-electron chi connectivity index (χ4n) is 4.13. The fourth-order valence-corrected chi connectivity index (χ4v) is 4.13. The Labute approximate surface area is 174 Å². The molecule has 0 atom stereocenters. The number of halogens is 4. The Kier molecular flexibility index (Phi) is 4.40. The maximum atomic E-state index is 14.7. The van der Waals surface area contributed by atoms with Gasteiger partial charge < -0.3 is 15.4 Å². The number of amides is 1. The molecular formula is C22H17F4N3O2. The van der Waals surface area contributed by atoms with Crippen molar-refractivity contribution in [2.75, 3.05) is 18.8 Å². The van der Waals surface area contributed by atoms with E-state index in [-0.39, 0.29) is 11.5 Å². The molecule has 2 aliphatic rings. The summed E-state index contributed by atoms with van der Waals surface area (Å²) in [5.41, 5.74) is 7.77. The van der Waals surface area contributed by atoms with Gasteiger partial charge in [0.15, 0.2) is 0 Å². The molecular weight excluding hydrogens is 414 g/mol. The van der Waals surface area contributed by atoms with Gasteiger partial charge in [0.2, 0.25) is 0 Å². The van der Waals surface area contributed by atoms with E-state index in [2.05, 4.69) is 4.98 Å². The molecule has 9 heteroatoms. The minimum absolute atomic E-state index is 0.0703. The number of ether oxygens (including phenoxy) is 1. The summed E-state index contributed by atoms with van der Waals surface area (Å²) >= 11 is 0. The summed E-state index contributed by atoms with van der Waals surface area (Å²) in [5.74, 6) is -0.956. The third-order valence-electron chi connectivity index (χ3n) is 5.93. The first-order valence-electron chi connectivity index (χ1n) is 9.67. The highest BCUT2D eigenvalue weighted by atomic mass is 19.4. The van der Waals surface area contributed by atoms with Crippen LogP contribution in [0.2, 0.25) is 0 Å². The number of carbonyl (C=O) groups is 1. The van der Waals surface area contributed by atoms with Crippen molar-refractivity contribution in [1.29, 1.82) is 0 Å². The molecule has 5 rings (SSSR count). The summed E-state index contributed by atoms with van der Waals surface area (Å²) in [7, 11) is 0. The highest BCUT2D eigenvalue weighted by molar-refractivity contribution is 6.00. The number of nitrogens with two attached hydrogens (primary N) is 1. The molecule has 0 unspecified atom stereocenters. The number of carbonyl (C=O) groups excluding carboxylic acids is 1. The average molecular weight is 431 g/mol. The van der Waals surface area contributed by atoms with Crippen molar-refractivity contribution >= 4 is 22.6 Å². The van der Waals surface area contributed by atoms with Crippen LogP contribution < -0.4 is 5.73 Å². The van der Waals surface area contributed by atoms with Crippen LogP contribution in [-0.4, -0.2) is 28.9 Å². The highest BCUT2D eigenvalue weighted by Gasteiger charge is 2.35. The predicted octanol–water partition coefficient (Wildman–Crippen LogP) is 4.24. The van der Waals surface area contributed by atoms with Crippen molar-refractivity contribution in [1.82, 2.24) is 9.88 Å². The number of alkyl halides is 3. The summed E-state index contributed by atoms with van der Waals surface area (Å²) in [5, 5.41) is 0.631. The van der Waals surface area contributed by atoms with Gasteiger partial charge in [-0.25, -0.2) is 9.37 Å². The second-order valence-electron chi connectivity index (χ2n) is 7.82. The first-order chi connectivity index (χ1) is 14.7. The van der Waals surface area contributed by atoms with E-state index < -0.39 is 23.5 Å². The second-order valence-corrected chi connectivity index (χ2v) is 7.82. The van der Waals surface area contributed by atoms with E-state index in [0.717, 1.165) is 23.3 Å². The lowest BCUT2D eigenvalue weighted by Crippen LogP contribution is -2.48. The molecule has 31 heavy (non-hydrogen) atoms. The van der Waals surface area contributed by atoms with Crippen molar-refractivity contribution in [3.05, 3.63) is 70.0 Å². The molecule has 2 N–H and O–H groups in total. The van der Waals surface area contributed by atoms with Gasteiger partial charge in [0.1, 0.15) is 11.6 Å². The van der Waals surface area contributed by atoms with E-state index in [1.807, 2.05) is 0 Å². The monoisotopic (exact) mass is 431 g/mol. The first kappa shape index (κ1) is 19.7. The van der Waals surface area contributed by atoms with Gasteiger partial charge >= 0.3 is 6.18 Å². The van der Waals surface area contributed by atoms with Gasteiger partial charge in [0.25, 0.3) is 5.91 Å². The maximum absolute atomic E-state index is 14.7. The molecule has 1 aromatic heterocycles. The van der Waals surface area contributed by atoms with Crippen molar-refractivity contribution in [3.8, 4) is 0 Å². The van der Waals surface area contributed by atoms with Crippen LogP contribution in [0, 0.1) is 5.82 Å². The molecule has 5 nitrogen and oxygen atoms in total. The minimum Gasteiger partial charge on any atom is -0.383 e. The summed E-state index contributed by atoms with van der Waals surface area (Å²) in [6.45, 7) is 1.26. The van der Waals surface area contributed by atoms with Gasteiger partial charge in [0.05, 0.1) is 29.9 Å². The lowest BCUT2D eigenvalue weighted by atomic mass is 9.90. The van der Waals surface area contributed by atoms with Crippen LogP contribution in [0.15, 0.2) is 36.4 Å². The number of hydrogen-bond donors (Lipinski definition) is 1. The zero-order valence-corrected chi connectivity index (χ0v) is 16.2. The lowest BCUT2D eigenvalue weighted by molar-refractivity contribution is -0.137. The van der Waals surface area contributed by atoms with Crippen LogP contribution >= 0.6 is 0 Å². The first-order valence-corrected chi connectivity index (χ1v) is 9.67. The molecule has 0 bridgehead atoms. The molecule has 2 aromatic carbocycles. The number of rotatable bonds is 2. The van der Waals surface area contributed by atoms with Crippen LogP contribution in [0.1, 0.15) is 38.5 Å². The highest BCUT2D eigenvalue weighted by Crippen LogP contribution is 2.35. The number of nitrogen functional groups attached to an aromatic ring is 1. The molecule has 3 aromatic rings. The van der Waals surface area contributed by atoms with E-state index in [9.17, 15) is 22.4 Å². The van der Waals surface area contributed by atoms with E-state index in [1.165, 1.54) is 29.2 Å². The second kappa shape index (κ2) is 6.91. The quantitative estimate of drug-likeness (QED) is 0.617. The van der Waals surface area contributed by atoms with Crippen LogP contribution in [0.5, 0.6) is 0 Å². The van der Waals surface area contributed by atoms with Gasteiger partial charge in [-0.05, 0) is 29.3 Å². The van der Waals surface area contributed by atoms with Gasteiger partial charge in [-0.2, -0.15) is 13.2 Å². The molecule has 3 heterocycles. The van der Waals surface area contributed by atoms with E-state index in [4.69, 9.17) is 10.5 Å². The van der Waals surface area contributed by atoms with Crippen molar-refractivity contribution in [2.24, 2.45) is 0 Å². The van der Waals surface area contributed by atoms with Crippen LogP contribution in [0.3, 0.4) is 0 Å². The number of likely N-dealkylation sites (tertiary alicyclic amines) is 1. The zero-order valence-electron chi connectivity index (χ0n) is 16.2. The zero-order chi connectivity index (χ0) is 21.9. The van der Waals surface area contributed by atoms with E-state index in [0.29, 0.717) is 48.6 Å². The van der Waals surface area contributed by atoms with Gasteiger partial charge in [0, 0.05) is 36.0 Å². The normalized spacial score (nSPS) is 16.5. The molecule has 0 saturated carbocycles. The molecule has 0 aliphatic carbocycles.